The standard InChI is InChI=1S/C23H25N3O3S2/c1-5-18(31-19-12-17(24-13-25-19)16-10-8-7-9-11-16)21(27)26-22-20(23(28)29-6-2)14(3)15(4)30-22/h7-13,18H,5-6H2,1-4H3,(H,26,27). The van der Waals surface area contributed by atoms with Gasteiger partial charge in [0.15, 0.2) is 0 Å². The summed E-state index contributed by atoms with van der Waals surface area (Å²) in [4.78, 5) is 35.1. The number of aryl methyl sites for hydroxylation is 1. The third kappa shape index (κ3) is 5.51. The molecule has 0 aliphatic carbocycles. The minimum absolute atomic E-state index is 0.167. The van der Waals surface area contributed by atoms with E-state index in [9.17, 15) is 9.59 Å². The second kappa shape index (κ2) is 10.5. The second-order valence-corrected chi connectivity index (χ2v) is 9.27. The Morgan fingerprint density at radius 1 is 1.16 bits per heavy atom. The lowest BCUT2D eigenvalue weighted by atomic mass is 10.1. The van der Waals surface area contributed by atoms with Crippen molar-refractivity contribution in [1.82, 2.24) is 9.97 Å². The molecule has 31 heavy (non-hydrogen) atoms. The fraction of sp³-hybridized carbons (Fsp3) is 0.304. The first kappa shape index (κ1) is 23.0. The maximum absolute atomic E-state index is 13.0. The van der Waals surface area contributed by atoms with Gasteiger partial charge < -0.3 is 10.1 Å². The highest BCUT2D eigenvalue weighted by molar-refractivity contribution is 8.00. The maximum atomic E-state index is 13.0. The first-order chi connectivity index (χ1) is 14.9. The molecule has 0 bridgehead atoms. The van der Waals surface area contributed by atoms with E-state index < -0.39 is 5.97 Å². The molecule has 0 saturated carbocycles. The zero-order valence-electron chi connectivity index (χ0n) is 18.0. The first-order valence-corrected chi connectivity index (χ1v) is 11.8. The van der Waals surface area contributed by atoms with Crippen molar-refractivity contribution in [2.24, 2.45) is 0 Å². The van der Waals surface area contributed by atoms with Crippen LogP contribution in [0.3, 0.4) is 0 Å². The quantitative estimate of drug-likeness (QED) is 0.274. The number of esters is 1. The van der Waals surface area contributed by atoms with Crippen LogP contribution in [0.15, 0.2) is 47.8 Å². The number of anilines is 1. The van der Waals surface area contributed by atoms with Gasteiger partial charge >= 0.3 is 5.97 Å². The van der Waals surface area contributed by atoms with Gasteiger partial charge in [-0.2, -0.15) is 0 Å². The lowest BCUT2D eigenvalue weighted by Crippen LogP contribution is -2.25. The van der Waals surface area contributed by atoms with Crippen LogP contribution in [-0.2, 0) is 9.53 Å². The molecular weight excluding hydrogens is 430 g/mol. The van der Waals surface area contributed by atoms with Gasteiger partial charge in [-0.25, -0.2) is 14.8 Å². The van der Waals surface area contributed by atoms with Crippen LogP contribution in [0.2, 0.25) is 0 Å². The minimum atomic E-state index is -0.413. The smallest absolute Gasteiger partial charge is 0.341 e. The molecule has 6 nitrogen and oxygen atoms in total. The fourth-order valence-electron chi connectivity index (χ4n) is 3.00. The Hall–Kier alpha value is -2.71. The van der Waals surface area contributed by atoms with Gasteiger partial charge in [-0.15, -0.1) is 11.3 Å². The third-order valence-electron chi connectivity index (χ3n) is 4.74. The molecule has 2 aromatic heterocycles. The van der Waals surface area contributed by atoms with Crippen molar-refractivity contribution in [1.29, 1.82) is 0 Å². The van der Waals surface area contributed by atoms with Gasteiger partial charge in [0.1, 0.15) is 16.4 Å². The summed E-state index contributed by atoms with van der Waals surface area (Å²) < 4.78 is 5.18. The number of thiophene rings is 1. The van der Waals surface area contributed by atoms with E-state index in [4.69, 9.17) is 4.74 Å². The number of thioether (sulfide) groups is 1. The van der Waals surface area contributed by atoms with Crippen molar-refractivity contribution in [3.05, 3.63) is 58.7 Å². The van der Waals surface area contributed by atoms with Gasteiger partial charge in [0, 0.05) is 10.4 Å². The number of amides is 1. The Balaban J connectivity index is 1.78. The van der Waals surface area contributed by atoms with E-state index >= 15 is 0 Å². The van der Waals surface area contributed by atoms with Crippen molar-refractivity contribution in [2.45, 2.75) is 44.4 Å². The average Bonchev–Trinajstić information content (AvgIpc) is 3.05. The number of rotatable bonds is 8. The summed E-state index contributed by atoms with van der Waals surface area (Å²) in [6.07, 6.45) is 2.12. The van der Waals surface area contributed by atoms with Crippen molar-refractivity contribution in [3.8, 4) is 11.3 Å². The fourth-order valence-corrected chi connectivity index (χ4v) is 4.96. The zero-order valence-corrected chi connectivity index (χ0v) is 19.6. The highest BCUT2D eigenvalue weighted by atomic mass is 32.2. The molecule has 0 fully saturated rings. The lowest BCUT2D eigenvalue weighted by Gasteiger charge is -2.15. The molecule has 8 heteroatoms. The average molecular weight is 456 g/mol. The Morgan fingerprint density at radius 3 is 2.58 bits per heavy atom. The molecule has 1 amide bonds. The number of carbonyl (C=O) groups excluding carboxylic acids is 2. The SMILES string of the molecule is CCOC(=O)c1c(NC(=O)C(CC)Sc2cc(-c3ccccc3)ncn2)sc(C)c1C. The van der Waals surface area contributed by atoms with Crippen LogP contribution in [0.1, 0.15) is 41.1 Å². The molecule has 162 valence electrons. The Bertz CT molecular complexity index is 1070. The lowest BCUT2D eigenvalue weighted by molar-refractivity contribution is -0.115. The van der Waals surface area contributed by atoms with Crippen LogP contribution >= 0.6 is 23.1 Å². The monoisotopic (exact) mass is 455 g/mol. The molecule has 0 spiro atoms. The molecule has 1 N–H and O–H groups in total. The van der Waals surface area contributed by atoms with Gasteiger partial charge in [-0.1, -0.05) is 49.0 Å². The van der Waals surface area contributed by atoms with E-state index in [0.717, 1.165) is 26.7 Å². The van der Waals surface area contributed by atoms with Gasteiger partial charge in [0.2, 0.25) is 5.91 Å². The summed E-state index contributed by atoms with van der Waals surface area (Å²) >= 11 is 2.78. The summed E-state index contributed by atoms with van der Waals surface area (Å²) in [6, 6.07) is 11.7. The van der Waals surface area contributed by atoms with Gasteiger partial charge in [-0.3, -0.25) is 4.79 Å². The normalized spacial score (nSPS) is 11.7. The van der Waals surface area contributed by atoms with Crippen LogP contribution in [0.4, 0.5) is 5.00 Å². The van der Waals surface area contributed by atoms with Crippen LogP contribution in [0, 0.1) is 13.8 Å². The molecule has 0 radical (unpaired) electrons. The molecular formula is C23H25N3O3S2. The number of benzene rings is 1. The number of ether oxygens (including phenoxy) is 1. The van der Waals surface area contributed by atoms with Crippen LogP contribution in [0.5, 0.6) is 0 Å². The van der Waals surface area contributed by atoms with Crippen molar-refractivity contribution in [3.63, 3.8) is 0 Å². The Labute approximate surface area is 190 Å². The summed E-state index contributed by atoms with van der Waals surface area (Å²) in [6.45, 7) is 7.79. The van der Waals surface area contributed by atoms with E-state index in [1.165, 1.54) is 29.4 Å². The topological polar surface area (TPSA) is 81.2 Å². The number of hydrogen-bond acceptors (Lipinski definition) is 7. The summed E-state index contributed by atoms with van der Waals surface area (Å²) in [7, 11) is 0. The van der Waals surface area contributed by atoms with Crippen LogP contribution in [-0.4, -0.2) is 33.7 Å². The number of nitrogens with zero attached hydrogens (tertiary/aromatic N) is 2. The van der Waals surface area contributed by atoms with Crippen molar-refractivity contribution < 1.29 is 14.3 Å². The summed E-state index contributed by atoms with van der Waals surface area (Å²) in [5.41, 5.74) is 3.07. The molecule has 1 aromatic carbocycles. The van der Waals surface area contributed by atoms with Crippen LogP contribution < -0.4 is 5.32 Å². The summed E-state index contributed by atoms with van der Waals surface area (Å²) in [5.74, 6) is -0.581. The second-order valence-electron chi connectivity index (χ2n) is 6.82. The van der Waals surface area contributed by atoms with E-state index in [2.05, 4.69) is 15.3 Å². The van der Waals surface area contributed by atoms with Crippen molar-refractivity contribution in [2.75, 3.05) is 11.9 Å². The van der Waals surface area contributed by atoms with Crippen molar-refractivity contribution >= 4 is 40.0 Å². The predicted octanol–water partition coefficient (Wildman–Crippen LogP) is 5.51. The van der Waals surface area contributed by atoms with E-state index in [-0.39, 0.29) is 17.8 Å². The Kier molecular flexibility index (Phi) is 7.81. The molecule has 1 unspecified atom stereocenters. The molecule has 0 saturated heterocycles. The van der Waals surface area contributed by atoms with E-state index in [1.807, 2.05) is 57.2 Å². The largest absolute Gasteiger partial charge is 0.462 e. The number of hydrogen-bond donors (Lipinski definition) is 1. The highest BCUT2D eigenvalue weighted by Gasteiger charge is 2.25. The molecule has 0 aliphatic heterocycles. The minimum Gasteiger partial charge on any atom is -0.462 e. The highest BCUT2D eigenvalue weighted by Crippen LogP contribution is 2.34. The van der Waals surface area contributed by atoms with Gasteiger partial charge in [0.05, 0.1) is 23.1 Å². The van der Waals surface area contributed by atoms with Gasteiger partial charge in [-0.05, 0) is 38.8 Å². The molecule has 2 heterocycles. The number of carbonyl (C=O) groups is 2. The molecule has 3 aromatic rings. The number of nitrogens with one attached hydrogen (secondary N) is 1. The maximum Gasteiger partial charge on any atom is 0.341 e. The predicted molar refractivity (Wildman–Crippen MR) is 126 cm³/mol. The molecule has 0 aliphatic rings. The third-order valence-corrected chi connectivity index (χ3v) is 7.16. The molecule has 3 rings (SSSR count). The van der Waals surface area contributed by atoms with Crippen LogP contribution in [0.25, 0.3) is 11.3 Å². The first-order valence-electron chi connectivity index (χ1n) is 10.1. The summed E-state index contributed by atoms with van der Waals surface area (Å²) in [5, 5.41) is 3.83. The Morgan fingerprint density at radius 2 is 1.90 bits per heavy atom. The van der Waals surface area contributed by atoms with Gasteiger partial charge in [0.25, 0.3) is 0 Å². The van der Waals surface area contributed by atoms with E-state index in [1.54, 1.807) is 6.92 Å². The molecule has 1 atom stereocenters. The van der Waals surface area contributed by atoms with E-state index in [0.29, 0.717) is 17.0 Å². The zero-order chi connectivity index (χ0) is 22.4. The number of aromatic nitrogens is 2.